The lowest BCUT2D eigenvalue weighted by atomic mass is 10.3. The Morgan fingerprint density at radius 3 is 3.00 bits per heavy atom. The molecule has 0 bridgehead atoms. The number of hydrogen-bond acceptors (Lipinski definition) is 2. The van der Waals surface area contributed by atoms with Crippen LogP contribution in [-0.2, 0) is 0 Å². The number of aromatic nitrogens is 1. The molecule has 68 valence electrons. The molecule has 0 atom stereocenters. The highest BCUT2D eigenvalue weighted by Gasteiger charge is 1.99. The molecule has 0 aromatic carbocycles. The summed E-state index contributed by atoms with van der Waals surface area (Å²) in [6.45, 7) is 0. The lowest BCUT2D eigenvalue weighted by molar-refractivity contribution is 0.251. The van der Waals surface area contributed by atoms with E-state index in [2.05, 4.69) is 15.3 Å². The molecule has 5 nitrogen and oxygen atoms in total. The Hall–Kier alpha value is -1.91. The van der Waals surface area contributed by atoms with Crippen LogP contribution in [-0.4, -0.2) is 23.9 Å². The van der Waals surface area contributed by atoms with E-state index >= 15 is 0 Å². The normalized spacial score (nSPS) is 11.0. The molecule has 0 saturated carbocycles. The van der Waals surface area contributed by atoms with Crippen LogP contribution in [0.25, 0.3) is 0 Å². The van der Waals surface area contributed by atoms with Crippen LogP contribution < -0.4 is 11.1 Å². The number of amides is 2. The highest BCUT2D eigenvalue weighted by Crippen LogP contribution is 1.94. The van der Waals surface area contributed by atoms with Crippen molar-refractivity contribution in [2.45, 2.75) is 0 Å². The quantitative estimate of drug-likeness (QED) is 0.473. The Morgan fingerprint density at radius 1 is 1.69 bits per heavy atom. The number of hydrogen-bond donors (Lipinski definition) is 2. The van der Waals surface area contributed by atoms with Gasteiger partial charge in [0.05, 0.1) is 0 Å². The number of amidine groups is 1. The summed E-state index contributed by atoms with van der Waals surface area (Å²) in [4.78, 5) is 18.2. The van der Waals surface area contributed by atoms with Crippen LogP contribution in [0.2, 0.25) is 0 Å². The van der Waals surface area contributed by atoms with E-state index in [4.69, 9.17) is 5.73 Å². The van der Waals surface area contributed by atoms with E-state index in [9.17, 15) is 4.79 Å². The molecule has 1 rings (SSSR count). The van der Waals surface area contributed by atoms with Crippen molar-refractivity contribution in [3.05, 3.63) is 30.1 Å². The van der Waals surface area contributed by atoms with E-state index in [1.165, 1.54) is 7.05 Å². The summed E-state index contributed by atoms with van der Waals surface area (Å²) >= 11 is 0. The van der Waals surface area contributed by atoms with Gasteiger partial charge < -0.3 is 11.1 Å². The summed E-state index contributed by atoms with van der Waals surface area (Å²) < 4.78 is 0. The average molecular weight is 178 g/mol. The second kappa shape index (κ2) is 4.20. The molecule has 5 heteroatoms. The van der Waals surface area contributed by atoms with Crippen molar-refractivity contribution in [2.75, 3.05) is 7.05 Å². The SMILES string of the molecule is CNC(=O)/N=C(\N)c1cccnc1. The maximum Gasteiger partial charge on any atom is 0.342 e. The Balaban J connectivity index is 2.85. The molecule has 0 saturated heterocycles. The number of nitrogens with two attached hydrogens (primary N) is 1. The first kappa shape index (κ1) is 9.18. The largest absolute Gasteiger partial charge is 0.383 e. The van der Waals surface area contributed by atoms with Gasteiger partial charge in [-0.3, -0.25) is 4.98 Å². The molecule has 0 spiro atoms. The number of urea groups is 1. The van der Waals surface area contributed by atoms with Gasteiger partial charge in [0.15, 0.2) is 0 Å². The van der Waals surface area contributed by atoms with Gasteiger partial charge in [0, 0.05) is 25.0 Å². The van der Waals surface area contributed by atoms with E-state index in [-0.39, 0.29) is 5.84 Å². The molecule has 2 amide bonds. The molecule has 13 heavy (non-hydrogen) atoms. The Kier molecular flexibility index (Phi) is 2.97. The third kappa shape index (κ3) is 2.55. The number of nitrogens with one attached hydrogen (secondary N) is 1. The lowest BCUT2D eigenvalue weighted by Crippen LogP contribution is -2.21. The maximum atomic E-state index is 10.8. The van der Waals surface area contributed by atoms with Gasteiger partial charge in [-0.25, -0.2) is 4.79 Å². The summed E-state index contributed by atoms with van der Waals surface area (Å²) in [5.74, 6) is 0.160. The van der Waals surface area contributed by atoms with Crippen LogP contribution in [0.3, 0.4) is 0 Å². The van der Waals surface area contributed by atoms with Crippen molar-refractivity contribution in [2.24, 2.45) is 10.7 Å². The molecule has 0 unspecified atom stereocenters. The lowest BCUT2D eigenvalue weighted by Gasteiger charge is -1.98. The first-order chi connectivity index (χ1) is 6.24. The van der Waals surface area contributed by atoms with Crippen LogP contribution in [0.5, 0.6) is 0 Å². The van der Waals surface area contributed by atoms with E-state index in [0.717, 1.165) is 0 Å². The molecule has 0 aliphatic heterocycles. The van der Waals surface area contributed by atoms with Crippen molar-refractivity contribution in [3.8, 4) is 0 Å². The van der Waals surface area contributed by atoms with E-state index in [0.29, 0.717) is 5.56 Å². The number of pyridine rings is 1. The van der Waals surface area contributed by atoms with Crippen LogP contribution in [0.4, 0.5) is 4.79 Å². The molecule has 0 aliphatic rings. The average Bonchev–Trinajstić information content (AvgIpc) is 2.19. The minimum atomic E-state index is -0.471. The Morgan fingerprint density at radius 2 is 2.46 bits per heavy atom. The third-order valence-corrected chi connectivity index (χ3v) is 1.39. The Labute approximate surface area is 75.7 Å². The monoisotopic (exact) mass is 178 g/mol. The zero-order valence-electron chi connectivity index (χ0n) is 7.19. The van der Waals surface area contributed by atoms with Crippen molar-refractivity contribution in [1.82, 2.24) is 10.3 Å². The minimum absolute atomic E-state index is 0.160. The van der Waals surface area contributed by atoms with Crippen molar-refractivity contribution >= 4 is 11.9 Å². The van der Waals surface area contributed by atoms with Gasteiger partial charge in [-0.15, -0.1) is 0 Å². The molecule has 0 aliphatic carbocycles. The van der Waals surface area contributed by atoms with Gasteiger partial charge in [0.25, 0.3) is 0 Å². The highest BCUT2D eigenvalue weighted by atomic mass is 16.2. The number of aliphatic imine (C=N–C) groups is 1. The summed E-state index contributed by atoms with van der Waals surface area (Å²) in [5.41, 5.74) is 6.15. The zero-order chi connectivity index (χ0) is 9.68. The number of carbonyl (C=O) groups excluding carboxylic acids is 1. The predicted octanol–water partition coefficient (Wildman–Crippen LogP) is 0.126. The Bertz CT molecular complexity index is 320. The molecular formula is C8H10N4O. The van der Waals surface area contributed by atoms with Gasteiger partial charge in [0.1, 0.15) is 5.84 Å². The van der Waals surface area contributed by atoms with Crippen molar-refractivity contribution in [1.29, 1.82) is 0 Å². The highest BCUT2D eigenvalue weighted by molar-refractivity contribution is 6.03. The summed E-state index contributed by atoms with van der Waals surface area (Å²) in [5, 5.41) is 2.34. The fraction of sp³-hybridized carbons (Fsp3) is 0.125. The molecule has 1 heterocycles. The van der Waals surface area contributed by atoms with E-state index in [1.54, 1.807) is 24.5 Å². The molecule has 0 fully saturated rings. The molecule has 1 aromatic heterocycles. The van der Waals surface area contributed by atoms with Crippen LogP contribution in [0.1, 0.15) is 5.56 Å². The zero-order valence-corrected chi connectivity index (χ0v) is 7.19. The first-order valence-electron chi connectivity index (χ1n) is 3.70. The topological polar surface area (TPSA) is 80.4 Å². The summed E-state index contributed by atoms with van der Waals surface area (Å²) in [6, 6.07) is 2.98. The molecule has 1 aromatic rings. The smallest absolute Gasteiger partial charge is 0.342 e. The molecule has 3 N–H and O–H groups in total. The molecule has 0 radical (unpaired) electrons. The summed E-state index contributed by atoms with van der Waals surface area (Å²) in [6.07, 6.45) is 3.17. The van der Waals surface area contributed by atoms with Gasteiger partial charge >= 0.3 is 6.03 Å². The van der Waals surface area contributed by atoms with Crippen molar-refractivity contribution in [3.63, 3.8) is 0 Å². The van der Waals surface area contributed by atoms with Crippen LogP contribution >= 0.6 is 0 Å². The van der Waals surface area contributed by atoms with Crippen molar-refractivity contribution < 1.29 is 4.79 Å². The fourth-order valence-electron chi connectivity index (χ4n) is 0.744. The van der Waals surface area contributed by atoms with Gasteiger partial charge in [-0.2, -0.15) is 4.99 Å². The number of rotatable bonds is 1. The first-order valence-corrected chi connectivity index (χ1v) is 3.70. The second-order valence-electron chi connectivity index (χ2n) is 2.29. The third-order valence-electron chi connectivity index (χ3n) is 1.39. The standard InChI is InChI=1S/C8H10N4O/c1-10-8(13)12-7(9)6-3-2-4-11-5-6/h2-5H,1H3,(H3,9,10,12,13). The second-order valence-corrected chi connectivity index (χ2v) is 2.29. The summed E-state index contributed by atoms with van der Waals surface area (Å²) in [7, 11) is 1.49. The minimum Gasteiger partial charge on any atom is -0.383 e. The number of carbonyl (C=O) groups is 1. The number of nitrogens with zero attached hydrogens (tertiary/aromatic N) is 2. The predicted molar refractivity (Wildman–Crippen MR) is 49.4 cm³/mol. The van der Waals surface area contributed by atoms with Crippen LogP contribution in [0.15, 0.2) is 29.5 Å². The van der Waals surface area contributed by atoms with Gasteiger partial charge in [-0.1, -0.05) is 0 Å². The molecular weight excluding hydrogens is 168 g/mol. The fourth-order valence-corrected chi connectivity index (χ4v) is 0.744. The van der Waals surface area contributed by atoms with Crippen LogP contribution in [0, 0.1) is 0 Å². The van der Waals surface area contributed by atoms with Gasteiger partial charge in [-0.05, 0) is 12.1 Å². The van der Waals surface area contributed by atoms with Gasteiger partial charge in [0.2, 0.25) is 0 Å². The van der Waals surface area contributed by atoms with E-state index < -0.39 is 6.03 Å². The van der Waals surface area contributed by atoms with E-state index in [1.807, 2.05) is 0 Å². The maximum absolute atomic E-state index is 10.8.